The van der Waals surface area contributed by atoms with Crippen LogP contribution in [0.25, 0.3) is 0 Å². The van der Waals surface area contributed by atoms with Crippen molar-refractivity contribution in [2.45, 2.75) is 37.7 Å². The van der Waals surface area contributed by atoms with Crippen molar-refractivity contribution in [3.05, 3.63) is 70.5 Å². The first kappa shape index (κ1) is 21.3. The van der Waals surface area contributed by atoms with E-state index >= 15 is 0 Å². The van der Waals surface area contributed by atoms with Gasteiger partial charge in [0.05, 0.1) is 18.8 Å². The predicted octanol–water partition coefficient (Wildman–Crippen LogP) is 4.97. The molecule has 1 saturated heterocycles. The van der Waals surface area contributed by atoms with Crippen LogP contribution < -0.4 is 0 Å². The van der Waals surface area contributed by atoms with Gasteiger partial charge in [0.2, 0.25) is 0 Å². The zero-order chi connectivity index (χ0) is 20.0. The molecule has 1 aliphatic heterocycles. The van der Waals surface area contributed by atoms with E-state index in [1.54, 1.807) is 12.1 Å². The van der Waals surface area contributed by atoms with Crippen molar-refractivity contribution in [3.63, 3.8) is 0 Å². The van der Waals surface area contributed by atoms with Crippen LogP contribution in [-0.4, -0.2) is 42.9 Å². The topological polar surface area (TPSA) is 32.7 Å². The van der Waals surface area contributed by atoms with E-state index in [2.05, 4.69) is 11.8 Å². The van der Waals surface area contributed by atoms with Gasteiger partial charge in [-0.25, -0.2) is 4.39 Å². The first-order valence-corrected chi connectivity index (χ1v) is 10.4. The van der Waals surface area contributed by atoms with Gasteiger partial charge >= 0.3 is 0 Å². The maximum absolute atomic E-state index is 13.5. The summed E-state index contributed by atoms with van der Waals surface area (Å²) in [6.45, 7) is 5.93. The summed E-state index contributed by atoms with van der Waals surface area (Å²) in [5.74, 6) is -0.447. The van der Waals surface area contributed by atoms with Crippen LogP contribution in [0.2, 0.25) is 5.02 Å². The van der Waals surface area contributed by atoms with Gasteiger partial charge in [-0.05, 0) is 41.8 Å². The summed E-state index contributed by atoms with van der Waals surface area (Å²) in [4.78, 5) is 2.34. The molecule has 0 aromatic heterocycles. The largest absolute Gasteiger partial charge is 0.384 e. The molecule has 1 heterocycles. The molecule has 0 aliphatic carbocycles. The zero-order valence-electron chi connectivity index (χ0n) is 16.4. The molecule has 1 N–H and O–H groups in total. The number of unbranched alkanes of at least 4 members (excludes halogenated alkanes) is 1. The molecular formula is C23H29ClFNO2. The lowest BCUT2D eigenvalue weighted by Crippen LogP contribution is -2.45. The number of hydrogen-bond donors (Lipinski definition) is 1. The van der Waals surface area contributed by atoms with Crippen LogP contribution in [0.3, 0.4) is 0 Å². The van der Waals surface area contributed by atoms with Crippen molar-refractivity contribution in [2.24, 2.45) is 0 Å². The second-order valence-corrected chi connectivity index (χ2v) is 7.99. The SMILES string of the molecule is CCCC[C@](O)(c1ccc(F)cc1)[C@@H](CN1CCOCC1)c1ccc(Cl)cc1. The van der Waals surface area contributed by atoms with Crippen molar-refractivity contribution in [1.29, 1.82) is 0 Å². The molecular weight excluding hydrogens is 377 g/mol. The van der Waals surface area contributed by atoms with Gasteiger partial charge < -0.3 is 9.84 Å². The number of rotatable bonds is 8. The van der Waals surface area contributed by atoms with E-state index in [1.165, 1.54) is 12.1 Å². The van der Waals surface area contributed by atoms with Gasteiger partial charge in [-0.15, -0.1) is 0 Å². The number of aliphatic hydroxyl groups is 1. The summed E-state index contributed by atoms with van der Waals surface area (Å²) in [5, 5.41) is 12.7. The van der Waals surface area contributed by atoms with Crippen molar-refractivity contribution in [3.8, 4) is 0 Å². The smallest absolute Gasteiger partial charge is 0.123 e. The number of halogens is 2. The Balaban J connectivity index is 2.00. The lowest BCUT2D eigenvalue weighted by atomic mass is 9.74. The Hall–Kier alpha value is -1.46. The number of benzene rings is 2. The molecule has 3 rings (SSSR count). The van der Waals surface area contributed by atoms with Crippen LogP contribution in [0.5, 0.6) is 0 Å². The van der Waals surface area contributed by atoms with E-state index in [0.29, 0.717) is 31.2 Å². The third kappa shape index (κ3) is 5.12. The van der Waals surface area contributed by atoms with Gasteiger partial charge in [0, 0.05) is 30.6 Å². The van der Waals surface area contributed by atoms with Crippen LogP contribution in [0.4, 0.5) is 4.39 Å². The van der Waals surface area contributed by atoms with Crippen molar-refractivity contribution < 1.29 is 14.2 Å². The molecule has 0 spiro atoms. The summed E-state index contributed by atoms with van der Waals surface area (Å²) in [6, 6.07) is 14.0. The van der Waals surface area contributed by atoms with E-state index in [4.69, 9.17) is 16.3 Å². The molecule has 0 amide bonds. The quantitative estimate of drug-likeness (QED) is 0.672. The van der Waals surface area contributed by atoms with E-state index < -0.39 is 5.60 Å². The fourth-order valence-electron chi connectivity index (χ4n) is 3.97. The standard InChI is InChI=1S/C23H29ClFNO2/c1-2-3-12-23(27,19-6-10-21(25)11-7-19)22(17-26-13-15-28-16-14-26)18-4-8-20(24)9-5-18/h4-11,22,27H,2-3,12-17H2,1H3/t22-,23-/m0/s1. The summed E-state index contributed by atoms with van der Waals surface area (Å²) in [6.07, 6.45) is 2.49. The van der Waals surface area contributed by atoms with Crippen LogP contribution in [0.1, 0.15) is 43.2 Å². The van der Waals surface area contributed by atoms with Gasteiger partial charge in [0.25, 0.3) is 0 Å². The predicted molar refractivity (Wildman–Crippen MR) is 111 cm³/mol. The summed E-state index contributed by atoms with van der Waals surface area (Å²) in [5.41, 5.74) is 0.713. The second-order valence-electron chi connectivity index (χ2n) is 7.55. The summed E-state index contributed by atoms with van der Waals surface area (Å²) in [7, 11) is 0. The maximum atomic E-state index is 13.5. The highest BCUT2D eigenvalue weighted by Gasteiger charge is 2.40. The molecule has 0 saturated carbocycles. The molecule has 0 unspecified atom stereocenters. The van der Waals surface area contributed by atoms with Crippen molar-refractivity contribution >= 4 is 11.6 Å². The lowest BCUT2D eigenvalue weighted by molar-refractivity contribution is -0.0294. The molecule has 2 aromatic rings. The normalized spacial score (nSPS) is 18.6. The van der Waals surface area contributed by atoms with Gasteiger partial charge in [-0.3, -0.25) is 4.90 Å². The molecule has 28 heavy (non-hydrogen) atoms. The molecule has 1 aliphatic rings. The Morgan fingerprint density at radius 3 is 2.36 bits per heavy atom. The molecule has 152 valence electrons. The monoisotopic (exact) mass is 405 g/mol. The highest BCUT2D eigenvalue weighted by molar-refractivity contribution is 6.30. The molecule has 1 fully saturated rings. The average molecular weight is 406 g/mol. The highest BCUT2D eigenvalue weighted by atomic mass is 35.5. The van der Waals surface area contributed by atoms with Crippen molar-refractivity contribution in [1.82, 2.24) is 4.90 Å². The maximum Gasteiger partial charge on any atom is 0.123 e. The lowest BCUT2D eigenvalue weighted by Gasteiger charge is -2.41. The Bertz CT molecular complexity index is 731. The fraction of sp³-hybridized carbons (Fsp3) is 0.478. The fourth-order valence-corrected chi connectivity index (χ4v) is 4.10. The first-order valence-electron chi connectivity index (χ1n) is 10.1. The van der Waals surface area contributed by atoms with E-state index in [1.807, 2.05) is 24.3 Å². The molecule has 2 aromatic carbocycles. The molecule has 2 atom stereocenters. The Kier molecular flexibility index (Phi) is 7.47. The Morgan fingerprint density at radius 1 is 1.11 bits per heavy atom. The number of nitrogens with zero attached hydrogens (tertiary/aromatic N) is 1. The minimum Gasteiger partial charge on any atom is -0.384 e. The van der Waals surface area contributed by atoms with E-state index in [9.17, 15) is 9.50 Å². The minimum absolute atomic E-state index is 0.153. The van der Waals surface area contributed by atoms with Gasteiger partial charge in [-0.2, -0.15) is 0 Å². The number of ether oxygens (including phenoxy) is 1. The van der Waals surface area contributed by atoms with Crippen LogP contribution in [0, 0.1) is 5.82 Å². The van der Waals surface area contributed by atoms with Crippen LogP contribution in [-0.2, 0) is 10.3 Å². The Morgan fingerprint density at radius 2 is 1.75 bits per heavy atom. The average Bonchev–Trinajstić information content (AvgIpc) is 2.72. The van der Waals surface area contributed by atoms with E-state index in [-0.39, 0.29) is 11.7 Å². The highest BCUT2D eigenvalue weighted by Crippen LogP contribution is 2.42. The number of hydrogen-bond acceptors (Lipinski definition) is 3. The molecule has 3 nitrogen and oxygen atoms in total. The number of morpholine rings is 1. The van der Waals surface area contributed by atoms with Gasteiger partial charge in [0.15, 0.2) is 0 Å². The van der Waals surface area contributed by atoms with Gasteiger partial charge in [-0.1, -0.05) is 55.6 Å². The van der Waals surface area contributed by atoms with Crippen LogP contribution in [0.15, 0.2) is 48.5 Å². The third-order valence-corrected chi connectivity index (χ3v) is 5.90. The summed E-state index contributed by atoms with van der Waals surface area (Å²) >= 11 is 6.11. The van der Waals surface area contributed by atoms with Gasteiger partial charge in [0.1, 0.15) is 5.82 Å². The minimum atomic E-state index is -1.09. The molecule has 5 heteroatoms. The molecule has 0 bridgehead atoms. The summed E-state index contributed by atoms with van der Waals surface area (Å²) < 4.78 is 19.0. The third-order valence-electron chi connectivity index (χ3n) is 5.65. The van der Waals surface area contributed by atoms with Crippen LogP contribution >= 0.6 is 11.6 Å². The molecule has 0 radical (unpaired) electrons. The van der Waals surface area contributed by atoms with E-state index in [0.717, 1.165) is 37.1 Å². The first-order chi connectivity index (χ1) is 13.5. The van der Waals surface area contributed by atoms with Crippen molar-refractivity contribution in [2.75, 3.05) is 32.8 Å². The zero-order valence-corrected chi connectivity index (χ0v) is 17.2. The second kappa shape index (κ2) is 9.84. The Labute approximate surface area is 172 Å².